The lowest BCUT2D eigenvalue weighted by Crippen LogP contribution is -2.45. The van der Waals surface area contributed by atoms with Crippen molar-refractivity contribution in [2.75, 3.05) is 7.05 Å². The number of rotatable bonds is 4. The average molecular weight is 336 g/mol. The third kappa shape index (κ3) is 2.89. The molecule has 128 valence electrons. The molecule has 2 aromatic carbocycles. The van der Waals surface area contributed by atoms with Crippen LogP contribution in [0.2, 0.25) is 0 Å². The molecule has 0 radical (unpaired) electrons. The second-order valence-corrected chi connectivity index (χ2v) is 6.17. The van der Waals surface area contributed by atoms with Crippen molar-refractivity contribution < 1.29 is 14.7 Å². The molecule has 1 heterocycles. The highest BCUT2D eigenvalue weighted by Gasteiger charge is 2.37. The molecular formula is C20H20N2O3. The first kappa shape index (κ1) is 16.8. The number of hydrogen-bond donors (Lipinski definition) is 1. The van der Waals surface area contributed by atoms with E-state index in [9.17, 15) is 14.7 Å². The zero-order valence-electron chi connectivity index (χ0n) is 14.3. The van der Waals surface area contributed by atoms with E-state index in [4.69, 9.17) is 0 Å². The summed E-state index contributed by atoms with van der Waals surface area (Å²) < 4.78 is 0. The Balaban J connectivity index is 1.78. The highest BCUT2D eigenvalue weighted by molar-refractivity contribution is 6.10. The average Bonchev–Trinajstić information content (AvgIpc) is 2.87. The number of carbonyl (C=O) groups excluding carboxylic acids is 2. The molecule has 0 spiro atoms. The van der Waals surface area contributed by atoms with Crippen LogP contribution in [-0.4, -0.2) is 39.8 Å². The maximum Gasteiger partial charge on any atom is 0.259 e. The minimum absolute atomic E-state index is 0.142. The number of benzene rings is 2. The summed E-state index contributed by atoms with van der Waals surface area (Å²) in [6.45, 7) is 5.94. The SMILES string of the molecule is C=C1c2ccccc2C(=O)N1[C@H](C)C(=O)N(C)Cc1ccccc1O. The summed E-state index contributed by atoms with van der Waals surface area (Å²) in [7, 11) is 1.65. The quantitative estimate of drug-likeness (QED) is 0.934. The fourth-order valence-electron chi connectivity index (χ4n) is 3.12. The molecule has 0 aromatic heterocycles. The Morgan fingerprint density at radius 3 is 2.40 bits per heavy atom. The van der Waals surface area contributed by atoms with Crippen LogP contribution in [0, 0.1) is 0 Å². The number of aromatic hydroxyl groups is 1. The van der Waals surface area contributed by atoms with E-state index in [0.29, 0.717) is 16.8 Å². The summed E-state index contributed by atoms with van der Waals surface area (Å²) in [5, 5.41) is 9.88. The molecule has 0 unspecified atom stereocenters. The van der Waals surface area contributed by atoms with E-state index in [1.165, 1.54) is 9.80 Å². The molecule has 25 heavy (non-hydrogen) atoms. The van der Waals surface area contributed by atoms with Crippen LogP contribution in [0.3, 0.4) is 0 Å². The molecular weight excluding hydrogens is 316 g/mol. The molecule has 0 fully saturated rings. The van der Waals surface area contributed by atoms with E-state index in [1.807, 2.05) is 12.1 Å². The standard InChI is InChI=1S/C20H20N2O3/c1-13-16-9-5-6-10-17(16)20(25)22(13)14(2)19(24)21(3)12-15-8-4-7-11-18(15)23/h4-11,14,23H,1,12H2,2-3H3/t14-/m1/s1. The van der Waals surface area contributed by atoms with Crippen molar-refractivity contribution in [3.05, 3.63) is 71.8 Å². The number of hydrogen-bond acceptors (Lipinski definition) is 3. The summed E-state index contributed by atoms with van der Waals surface area (Å²) in [6.07, 6.45) is 0. The van der Waals surface area contributed by atoms with E-state index < -0.39 is 6.04 Å². The Bertz CT molecular complexity index is 825. The molecule has 2 amide bonds. The van der Waals surface area contributed by atoms with Crippen molar-refractivity contribution in [3.63, 3.8) is 0 Å². The van der Waals surface area contributed by atoms with Crippen molar-refractivity contribution in [3.8, 4) is 5.75 Å². The number of carbonyl (C=O) groups is 2. The van der Waals surface area contributed by atoms with Crippen LogP contribution in [0.1, 0.15) is 28.4 Å². The molecule has 2 aromatic rings. The van der Waals surface area contributed by atoms with Gasteiger partial charge in [-0.05, 0) is 19.1 Å². The Hall–Kier alpha value is -3.08. The molecule has 3 rings (SSSR count). The van der Waals surface area contributed by atoms with Gasteiger partial charge >= 0.3 is 0 Å². The van der Waals surface area contributed by atoms with Gasteiger partial charge in [-0.15, -0.1) is 0 Å². The topological polar surface area (TPSA) is 60.9 Å². The van der Waals surface area contributed by atoms with E-state index in [1.54, 1.807) is 50.4 Å². The van der Waals surface area contributed by atoms with Crippen molar-refractivity contribution in [1.82, 2.24) is 9.80 Å². The fourth-order valence-corrected chi connectivity index (χ4v) is 3.12. The third-order valence-corrected chi connectivity index (χ3v) is 4.50. The molecule has 5 heteroatoms. The Morgan fingerprint density at radius 1 is 1.16 bits per heavy atom. The van der Waals surface area contributed by atoms with E-state index >= 15 is 0 Å². The number of fused-ring (bicyclic) bond motifs is 1. The van der Waals surface area contributed by atoms with Gasteiger partial charge in [0.15, 0.2) is 0 Å². The van der Waals surface area contributed by atoms with E-state index in [2.05, 4.69) is 6.58 Å². The number of phenols is 1. The zero-order chi connectivity index (χ0) is 18.1. The first-order chi connectivity index (χ1) is 11.9. The lowest BCUT2D eigenvalue weighted by Gasteiger charge is -2.29. The van der Waals surface area contributed by atoms with Crippen molar-refractivity contribution >= 4 is 17.5 Å². The maximum atomic E-state index is 12.8. The van der Waals surface area contributed by atoms with Crippen LogP contribution >= 0.6 is 0 Å². The number of para-hydroxylation sites is 1. The van der Waals surface area contributed by atoms with Crippen molar-refractivity contribution in [2.45, 2.75) is 19.5 Å². The Morgan fingerprint density at radius 2 is 1.76 bits per heavy atom. The fraction of sp³-hybridized carbons (Fsp3) is 0.200. The van der Waals surface area contributed by atoms with Gasteiger partial charge in [-0.2, -0.15) is 0 Å². The second kappa shape index (κ2) is 6.43. The van der Waals surface area contributed by atoms with Gasteiger partial charge in [0.05, 0.1) is 0 Å². The van der Waals surface area contributed by atoms with Gasteiger partial charge in [-0.25, -0.2) is 0 Å². The summed E-state index contributed by atoms with van der Waals surface area (Å²) in [5.74, 6) is -0.285. The molecule has 0 saturated carbocycles. The van der Waals surface area contributed by atoms with Gasteiger partial charge in [0.2, 0.25) is 5.91 Å². The molecule has 1 N–H and O–H groups in total. The molecule has 1 atom stereocenters. The first-order valence-corrected chi connectivity index (χ1v) is 8.05. The van der Waals surface area contributed by atoms with Gasteiger partial charge < -0.3 is 10.0 Å². The zero-order valence-corrected chi connectivity index (χ0v) is 14.3. The summed E-state index contributed by atoms with van der Waals surface area (Å²) >= 11 is 0. The summed E-state index contributed by atoms with van der Waals surface area (Å²) in [4.78, 5) is 28.4. The van der Waals surface area contributed by atoms with Gasteiger partial charge in [-0.1, -0.05) is 43.0 Å². The monoisotopic (exact) mass is 336 g/mol. The molecule has 0 bridgehead atoms. The minimum Gasteiger partial charge on any atom is -0.508 e. The van der Waals surface area contributed by atoms with Gasteiger partial charge in [0.1, 0.15) is 11.8 Å². The summed E-state index contributed by atoms with van der Waals surface area (Å²) in [6, 6.07) is 13.4. The van der Waals surface area contributed by atoms with Gasteiger partial charge in [0, 0.05) is 36.0 Å². The lowest BCUT2D eigenvalue weighted by atomic mass is 10.1. The van der Waals surface area contributed by atoms with Crippen LogP contribution in [0.25, 0.3) is 5.70 Å². The van der Waals surface area contributed by atoms with Crippen LogP contribution in [-0.2, 0) is 11.3 Å². The van der Waals surface area contributed by atoms with Gasteiger partial charge in [-0.3, -0.25) is 14.5 Å². The second-order valence-electron chi connectivity index (χ2n) is 6.17. The molecule has 0 aliphatic carbocycles. The van der Waals surface area contributed by atoms with Crippen LogP contribution < -0.4 is 0 Å². The maximum absolute atomic E-state index is 12.8. The Kier molecular flexibility index (Phi) is 4.31. The molecule has 1 aliphatic heterocycles. The molecule has 5 nitrogen and oxygen atoms in total. The van der Waals surface area contributed by atoms with Crippen molar-refractivity contribution in [1.29, 1.82) is 0 Å². The van der Waals surface area contributed by atoms with E-state index in [0.717, 1.165) is 5.56 Å². The van der Waals surface area contributed by atoms with Crippen LogP contribution in [0.5, 0.6) is 5.75 Å². The smallest absolute Gasteiger partial charge is 0.259 e. The van der Waals surface area contributed by atoms with Crippen LogP contribution in [0.4, 0.5) is 0 Å². The number of phenolic OH excluding ortho intramolecular Hbond substituents is 1. The first-order valence-electron chi connectivity index (χ1n) is 8.05. The van der Waals surface area contributed by atoms with Crippen LogP contribution in [0.15, 0.2) is 55.1 Å². The highest BCUT2D eigenvalue weighted by Crippen LogP contribution is 2.33. The normalized spacial score (nSPS) is 14.4. The van der Waals surface area contributed by atoms with Gasteiger partial charge in [0.25, 0.3) is 5.91 Å². The van der Waals surface area contributed by atoms with E-state index in [-0.39, 0.29) is 24.1 Å². The number of likely N-dealkylation sites (N-methyl/N-ethyl adjacent to an activating group) is 1. The minimum atomic E-state index is -0.678. The number of amides is 2. The van der Waals surface area contributed by atoms with Crippen molar-refractivity contribution in [2.24, 2.45) is 0 Å². The molecule has 0 saturated heterocycles. The molecule has 1 aliphatic rings. The lowest BCUT2D eigenvalue weighted by molar-refractivity contribution is -0.133. The highest BCUT2D eigenvalue weighted by atomic mass is 16.3. The summed E-state index contributed by atoms with van der Waals surface area (Å²) in [5.41, 5.74) is 2.52. The Labute approximate surface area is 146 Å². The predicted molar refractivity (Wildman–Crippen MR) is 95.7 cm³/mol. The predicted octanol–water partition coefficient (Wildman–Crippen LogP) is 2.87. The largest absolute Gasteiger partial charge is 0.508 e. The third-order valence-electron chi connectivity index (χ3n) is 4.50. The number of nitrogens with zero attached hydrogens (tertiary/aromatic N) is 2.